The lowest BCUT2D eigenvalue weighted by atomic mass is 10.0. The third kappa shape index (κ3) is 65.2. The Bertz CT molecular complexity index is 1780. The summed E-state index contributed by atoms with van der Waals surface area (Å²) in [6, 6.07) is -0.868. The van der Waals surface area contributed by atoms with E-state index in [9.17, 15) is 19.0 Å². The fourth-order valence-electron chi connectivity index (χ4n) is 10.1. The van der Waals surface area contributed by atoms with Gasteiger partial charge in [-0.15, -0.1) is 0 Å². The molecule has 85 heavy (non-hydrogen) atoms. The van der Waals surface area contributed by atoms with Crippen LogP contribution in [0.15, 0.2) is 97.2 Å². The molecule has 0 radical (unpaired) electrons. The summed E-state index contributed by atoms with van der Waals surface area (Å²) in [6.45, 7) is 6.90. The standard InChI is InChI=1S/C75H135N2O7P/c1-7-10-13-16-19-22-25-28-30-32-34-36-38-40-42-44-46-49-52-55-58-61-64-67-74(78)76-72(71-83-85(80,81)82-70-69-77(4,5)6)73(66-63-60-57-54-51-48-27-24-21-18-15-12-9-3)84-75(79)68-65-62-59-56-53-50-47-45-43-41-39-37-35-33-31-29-26-23-20-17-14-11-8-2/h10,13,19,22,28-31,34,36,40,42,46,49,63,66,72-73H,7-9,11-12,14-18,20-21,23-27,32-33,35,37-39,41,43-45,47-48,50-62,64-65,67-71H2,1-6H3,(H-,76,78,80,81)/p+1/b13-10-,22-19-,30-28-,31-29+,36-34-,42-40-,49-46-,66-63+. The quantitative estimate of drug-likeness (QED) is 0.0205. The van der Waals surface area contributed by atoms with Crippen molar-refractivity contribution in [1.29, 1.82) is 0 Å². The van der Waals surface area contributed by atoms with Crippen molar-refractivity contribution in [2.75, 3.05) is 40.9 Å². The zero-order chi connectivity index (χ0) is 62.1. The number of unbranched alkanes of at least 4 members (excludes halogenated alkanes) is 34. The number of amides is 1. The molecule has 0 bridgehead atoms. The molecule has 0 aromatic rings. The van der Waals surface area contributed by atoms with Gasteiger partial charge >= 0.3 is 13.8 Å². The number of nitrogens with one attached hydrogen (secondary N) is 1. The summed E-state index contributed by atoms with van der Waals surface area (Å²) in [7, 11) is 1.47. The molecular formula is C75H136N2O7P+. The maximum Gasteiger partial charge on any atom is 0.472 e. The number of quaternary nitrogens is 1. The second-order valence-electron chi connectivity index (χ2n) is 25.0. The fraction of sp³-hybridized carbons (Fsp3) is 0.760. The Morgan fingerprint density at radius 2 is 0.753 bits per heavy atom. The van der Waals surface area contributed by atoms with Crippen molar-refractivity contribution in [3.05, 3.63) is 97.2 Å². The van der Waals surface area contributed by atoms with Crippen molar-refractivity contribution in [3.8, 4) is 0 Å². The minimum atomic E-state index is -4.47. The van der Waals surface area contributed by atoms with Gasteiger partial charge in [0.1, 0.15) is 19.3 Å². The normalized spacial score (nSPS) is 14.1. The number of phosphoric ester groups is 1. The average molecular weight is 1210 g/mol. The fourth-order valence-corrected chi connectivity index (χ4v) is 10.8. The highest BCUT2D eigenvalue weighted by atomic mass is 31.2. The Hall–Kier alpha value is -3.07. The minimum absolute atomic E-state index is 0.0314. The SMILES string of the molecule is CC/C=C\C/C=C\C/C=C\C/C=C\C/C=C\C/C=C\CCCCCCC(=O)NC(COP(=O)(O)OCC[N+](C)(C)C)C(/C=C/CCCCCCCCCCCCC)OC(=O)CCCCCCCCCCCCCCC/C=C/CCCCCCCC. The molecule has 0 heterocycles. The van der Waals surface area contributed by atoms with Crippen molar-refractivity contribution >= 4 is 19.7 Å². The first-order valence-corrected chi connectivity index (χ1v) is 37.1. The second-order valence-corrected chi connectivity index (χ2v) is 26.5. The van der Waals surface area contributed by atoms with Gasteiger partial charge in [0, 0.05) is 12.8 Å². The predicted molar refractivity (Wildman–Crippen MR) is 369 cm³/mol. The zero-order valence-corrected chi connectivity index (χ0v) is 57.2. The largest absolute Gasteiger partial charge is 0.472 e. The Morgan fingerprint density at radius 3 is 1.14 bits per heavy atom. The molecular weight excluding hydrogens is 1070 g/mol. The van der Waals surface area contributed by atoms with Crippen LogP contribution in [0, 0.1) is 0 Å². The van der Waals surface area contributed by atoms with Crippen LogP contribution in [0.3, 0.4) is 0 Å². The molecule has 0 spiro atoms. The van der Waals surface area contributed by atoms with E-state index in [-0.39, 0.29) is 31.5 Å². The van der Waals surface area contributed by atoms with Crippen LogP contribution in [0.5, 0.6) is 0 Å². The number of hydrogen-bond donors (Lipinski definition) is 2. The monoisotopic (exact) mass is 1210 g/mol. The number of phosphoric acid groups is 1. The van der Waals surface area contributed by atoms with Gasteiger partial charge in [-0.3, -0.25) is 18.6 Å². The summed E-state index contributed by atoms with van der Waals surface area (Å²) in [6.07, 6.45) is 87.0. The highest BCUT2D eigenvalue weighted by Crippen LogP contribution is 2.43. The van der Waals surface area contributed by atoms with Crippen LogP contribution in [0.2, 0.25) is 0 Å². The van der Waals surface area contributed by atoms with Gasteiger partial charge in [-0.1, -0.05) is 292 Å². The van der Waals surface area contributed by atoms with Gasteiger partial charge in [0.25, 0.3) is 0 Å². The number of hydrogen-bond acceptors (Lipinski definition) is 6. The molecule has 492 valence electrons. The van der Waals surface area contributed by atoms with E-state index in [0.717, 1.165) is 103 Å². The first-order chi connectivity index (χ1) is 41.4. The highest BCUT2D eigenvalue weighted by molar-refractivity contribution is 7.47. The smallest absolute Gasteiger partial charge is 0.456 e. The molecule has 0 aromatic heterocycles. The van der Waals surface area contributed by atoms with Gasteiger partial charge < -0.3 is 19.4 Å². The number of likely N-dealkylation sites (N-methyl/N-ethyl adjacent to an activating group) is 1. The van der Waals surface area contributed by atoms with E-state index in [1.807, 2.05) is 33.3 Å². The van der Waals surface area contributed by atoms with Gasteiger partial charge in [-0.05, 0) is 109 Å². The summed E-state index contributed by atoms with van der Waals surface area (Å²) < 4.78 is 30.8. The Labute approximate surface area is 526 Å². The molecule has 3 unspecified atom stereocenters. The predicted octanol–water partition coefficient (Wildman–Crippen LogP) is 22.7. The first-order valence-electron chi connectivity index (χ1n) is 35.6. The van der Waals surface area contributed by atoms with Crippen molar-refractivity contribution in [2.45, 2.75) is 328 Å². The van der Waals surface area contributed by atoms with Crippen LogP contribution >= 0.6 is 7.82 Å². The van der Waals surface area contributed by atoms with E-state index in [4.69, 9.17) is 13.8 Å². The van der Waals surface area contributed by atoms with Crippen molar-refractivity contribution in [2.24, 2.45) is 0 Å². The summed E-state index contributed by atoms with van der Waals surface area (Å²) in [5.74, 6) is -0.529. The lowest BCUT2D eigenvalue weighted by molar-refractivity contribution is -0.870. The number of carbonyl (C=O) groups excluding carboxylic acids is 2. The number of allylic oxidation sites excluding steroid dienone is 15. The molecule has 0 aliphatic carbocycles. The third-order valence-electron chi connectivity index (χ3n) is 15.5. The van der Waals surface area contributed by atoms with Crippen molar-refractivity contribution < 1.29 is 37.3 Å². The number of esters is 1. The molecule has 0 rings (SSSR count). The zero-order valence-electron chi connectivity index (χ0n) is 56.3. The van der Waals surface area contributed by atoms with E-state index >= 15 is 0 Å². The van der Waals surface area contributed by atoms with Crippen LogP contribution in [0.25, 0.3) is 0 Å². The topological polar surface area (TPSA) is 111 Å². The molecule has 10 heteroatoms. The van der Waals surface area contributed by atoms with Gasteiger partial charge in [0.05, 0.1) is 33.8 Å². The lowest BCUT2D eigenvalue weighted by Crippen LogP contribution is -2.47. The molecule has 2 N–H and O–H groups in total. The molecule has 0 aliphatic rings. The minimum Gasteiger partial charge on any atom is -0.456 e. The van der Waals surface area contributed by atoms with Crippen LogP contribution in [0.1, 0.15) is 316 Å². The van der Waals surface area contributed by atoms with Crippen LogP contribution in [-0.2, 0) is 27.9 Å². The van der Waals surface area contributed by atoms with E-state index in [1.54, 1.807) is 0 Å². The van der Waals surface area contributed by atoms with Crippen molar-refractivity contribution in [3.63, 3.8) is 0 Å². The maximum absolute atomic E-state index is 13.6. The lowest BCUT2D eigenvalue weighted by Gasteiger charge is -2.27. The van der Waals surface area contributed by atoms with Crippen molar-refractivity contribution in [1.82, 2.24) is 5.32 Å². The molecule has 9 nitrogen and oxygen atoms in total. The van der Waals surface area contributed by atoms with Gasteiger partial charge in [-0.2, -0.15) is 0 Å². The molecule has 1 amide bonds. The molecule has 0 fully saturated rings. The van der Waals surface area contributed by atoms with Crippen LogP contribution in [0.4, 0.5) is 0 Å². The molecule has 0 saturated heterocycles. The maximum atomic E-state index is 13.6. The molecule has 0 aliphatic heterocycles. The average Bonchev–Trinajstić information content (AvgIpc) is 3.52. The Kier molecular flexibility index (Phi) is 61.6. The number of rotatable bonds is 64. The van der Waals surface area contributed by atoms with Gasteiger partial charge in [0.2, 0.25) is 5.91 Å². The first kappa shape index (κ1) is 81.9. The Balaban J connectivity index is 5.18. The third-order valence-corrected chi connectivity index (χ3v) is 16.5. The van der Waals surface area contributed by atoms with E-state index in [1.165, 1.54) is 173 Å². The van der Waals surface area contributed by atoms with E-state index in [2.05, 4.69) is 111 Å². The highest BCUT2D eigenvalue weighted by Gasteiger charge is 2.30. The van der Waals surface area contributed by atoms with Gasteiger partial charge in [-0.25, -0.2) is 4.57 Å². The van der Waals surface area contributed by atoms with Crippen LogP contribution < -0.4 is 5.32 Å². The van der Waals surface area contributed by atoms with Crippen LogP contribution in [-0.4, -0.2) is 74.3 Å². The van der Waals surface area contributed by atoms with Gasteiger partial charge in [0.15, 0.2) is 0 Å². The number of nitrogens with zero attached hydrogens (tertiary/aromatic N) is 1. The number of ether oxygens (including phenoxy) is 1. The summed E-state index contributed by atoms with van der Waals surface area (Å²) in [4.78, 5) is 37.9. The Morgan fingerprint density at radius 1 is 0.424 bits per heavy atom. The summed E-state index contributed by atoms with van der Waals surface area (Å²) in [5, 5.41) is 3.06. The van der Waals surface area contributed by atoms with E-state index in [0.29, 0.717) is 23.9 Å². The second kappa shape index (κ2) is 63.9. The summed E-state index contributed by atoms with van der Waals surface area (Å²) >= 11 is 0. The molecule has 0 aromatic carbocycles. The molecule has 0 saturated carbocycles. The number of carbonyl (C=O) groups is 2. The summed E-state index contributed by atoms with van der Waals surface area (Å²) in [5.41, 5.74) is 0. The van der Waals surface area contributed by atoms with E-state index < -0.39 is 20.0 Å². The molecule has 3 atom stereocenters.